The van der Waals surface area contributed by atoms with Gasteiger partial charge in [0.2, 0.25) is 5.91 Å². The zero-order chi connectivity index (χ0) is 13.0. The molecule has 2 rings (SSSR count). The number of pyridine rings is 1. The number of nitrogens with zero attached hydrogens (tertiary/aromatic N) is 2. The fourth-order valence-corrected chi connectivity index (χ4v) is 2.55. The number of likely N-dealkylation sites (tertiary alicyclic amines) is 1. The molecule has 0 radical (unpaired) electrons. The van der Waals surface area contributed by atoms with Crippen molar-refractivity contribution in [1.29, 1.82) is 0 Å². The Morgan fingerprint density at radius 2 is 2.17 bits per heavy atom. The van der Waals surface area contributed by atoms with E-state index in [1.807, 2.05) is 24.5 Å². The molecule has 1 aliphatic heterocycles. The standard InChI is InChI=1S/C14H21N3O/c1-11-2-3-13(14(15)18)10-17(11)9-6-12-4-7-16-8-5-12/h4-5,7-8,11,13H,2-3,6,9-10H2,1H3,(H2,15,18)/t11-,13-/m0/s1. The molecule has 0 unspecified atom stereocenters. The minimum Gasteiger partial charge on any atom is -0.369 e. The maximum Gasteiger partial charge on any atom is 0.221 e. The van der Waals surface area contributed by atoms with Gasteiger partial charge in [-0.25, -0.2) is 0 Å². The predicted octanol–water partition coefficient (Wildman–Crippen LogP) is 1.21. The Labute approximate surface area is 108 Å². The van der Waals surface area contributed by atoms with Gasteiger partial charge in [-0.3, -0.25) is 14.7 Å². The zero-order valence-electron chi connectivity index (χ0n) is 10.9. The van der Waals surface area contributed by atoms with Crippen LogP contribution in [0.15, 0.2) is 24.5 Å². The molecule has 2 heterocycles. The van der Waals surface area contributed by atoms with Crippen molar-refractivity contribution in [3.05, 3.63) is 30.1 Å². The third-order valence-electron chi connectivity index (χ3n) is 3.85. The maximum atomic E-state index is 11.3. The highest BCUT2D eigenvalue weighted by atomic mass is 16.1. The Morgan fingerprint density at radius 1 is 1.44 bits per heavy atom. The van der Waals surface area contributed by atoms with E-state index in [0.717, 1.165) is 32.4 Å². The Balaban J connectivity index is 1.89. The van der Waals surface area contributed by atoms with E-state index in [-0.39, 0.29) is 11.8 Å². The van der Waals surface area contributed by atoms with Crippen molar-refractivity contribution in [2.24, 2.45) is 11.7 Å². The molecule has 2 atom stereocenters. The number of nitrogens with two attached hydrogens (primary N) is 1. The van der Waals surface area contributed by atoms with Gasteiger partial charge in [-0.05, 0) is 43.9 Å². The monoisotopic (exact) mass is 247 g/mol. The number of rotatable bonds is 4. The van der Waals surface area contributed by atoms with E-state index in [2.05, 4.69) is 16.8 Å². The fourth-order valence-electron chi connectivity index (χ4n) is 2.55. The van der Waals surface area contributed by atoms with Crippen molar-refractivity contribution >= 4 is 5.91 Å². The number of primary amides is 1. The van der Waals surface area contributed by atoms with Crippen LogP contribution >= 0.6 is 0 Å². The second-order valence-electron chi connectivity index (χ2n) is 5.13. The van der Waals surface area contributed by atoms with Crippen LogP contribution in [0.1, 0.15) is 25.3 Å². The summed E-state index contributed by atoms with van der Waals surface area (Å²) in [6, 6.07) is 4.63. The van der Waals surface area contributed by atoms with Crippen LogP contribution in [0, 0.1) is 5.92 Å². The quantitative estimate of drug-likeness (QED) is 0.870. The first-order chi connectivity index (χ1) is 8.66. The molecule has 0 bridgehead atoms. The van der Waals surface area contributed by atoms with Gasteiger partial charge in [0.25, 0.3) is 0 Å². The highest BCUT2D eigenvalue weighted by Gasteiger charge is 2.28. The molecule has 0 aliphatic carbocycles. The van der Waals surface area contributed by atoms with Gasteiger partial charge in [0.15, 0.2) is 0 Å². The van der Waals surface area contributed by atoms with E-state index in [1.165, 1.54) is 5.56 Å². The number of hydrogen-bond donors (Lipinski definition) is 1. The lowest BCUT2D eigenvalue weighted by molar-refractivity contribution is -0.123. The van der Waals surface area contributed by atoms with E-state index < -0.39 is 0 Å². The van der Waals surface area contributed by atoms with Crippen LogP contribution in [-0.2, 0) is 11.2 Å². The molecule has 0 saturated carbocycles. The van der Waals surface area contributed by atoms with E-state index in [4.69, 9.17) is 5.73 Å². The van der Waals surface area contributed by atoms with Crippen molar-refractivity contribution in [3.8, 4) is 0 Å². The van der Waals surface area contributed by atoms with Crippen molar-refractivity contribution in [2.45, 2.75) is 32.2 Å². The van der Waals surface area contributed by atoms with Gasteiger partial charge in [0.1, 0.15) is 0 Å². The molecule has 1 aromatic heterocycles. The average molecular weight is 247 g/mol. The molecule has 1 fully saturated rings. The second kappa shape index (κ2) is 5.96. The number of carbonyl (C=O) groups excluding carboxylic acids is 1. The molecule has 1 aromatic rings. The number of aromatic nitrogens is 1. The largest absolute Gasteiger partial charge is 0.369 e. The first kappa shape index (κ1) is 13.0. The third kappa shape index (κ3) is 3.29. The SMILES string of the molecule is C[C@H]1CC[C@H](C(N)=O)CN1CCc1ccncc1. The van der Waals surface area contributed by atoms with E-state index >= 15 is 0 Å². The zero-order valence-corrected chi connectivity index (χ0v) is 10.9. The van der Waals surface area contributed by atoms with Crippen LogP contribution in [0.4, 0.5) is 0 Å². The second-order valence-corrected chi connectivity index (χ2v) is 5.13. The minimum atomic E-state index is -0.157. The topological polar surface area (TPSA) is 59.2 Å². The number of hydrogen-bond acceptors (Lipinski definition) is 3. The lowest BCUT2D eigenvalue weighted by Gasteiger charge is -2.36. The molecular formula is C14H21N3O. The molecule has 1 amide bonds. The summed E-state index contributed by atoms with van der Waals surface area (Å²) in [6.45, 7) is 4.01. The van der Waals surface area contributed by atoms with Crippen LogP contribution in [0.3, 0.4) is 0 Å². The normalized spacial score (nSPS) is 24.9. The van der Waals surface area contributed by atoms with Crippen molar-refractivity contribution in [3.63, 3.8) is 0 Å². The number of piperidine rings is 1. The molecule has 18 heavy (non-hydrogen) atoms. The fraction of sp³-hybridized carbons (Fsp3) is 0.571. The molecule has 4 nitrogen and oxygen atoms in total. The summed E-state index contributed by atoms with van der Waals surface area (Å²) < 4.78 is 0. The van der Waals surface area contributed by atoms with Crippen molar-refractivity contribution in [2.75, 3.05) is 13.1 Å². The first-order valence-electron chi connectivity index (χ1n) is 6.59. The van der Waals surface area contributed by atoms with Gasteiger partial charge < -0.3 is 5.73 Å². The van der Waals surface area contributed by atoms with E-state index in [1.54, 1.807) is 0 Å². The smallest absolute Gasteiger partial charge is 0.221 e. The summed E-state index contributed by atoms with van der Waals surface area (Å²) in [5.74, 6) is -0.130. The Hall–Kier alpha value is -1.42. The Bertz CT molecular complexity index is 393. The molecule has 4 heteroatoms. The Kier molecular flexibility index (Phi) is 4.31. The predicted molar refractivity (Wildman–Crippen MR) is 70.9 cm³/mol. The lowest BCUT2D eigenvalue weighted by atomic mass is 9.92. The van der Waals surface area contributed by atoms with Gasteiger partial charge in [0.05, 0.1) is 5.92 Å². The van der Waals surface area contributed by atoms with Crippen LogP contribution in [-0.4, -0.2) is 34.9 Å². The summed E-state index contributed by atoms with van der Waals surface area (Å²) >= 11 is 0. The molecule has 0 aromatic carbocycles. The van der Waals surface area contributed by atoms with Crippen LogP contribution in [0.5, 0.6) is 0 Å². The van der Waals surface area contributed by atoms with E-state index in [9.17, 15) is 4.79 Å². The average Bonchev–Trinajstić information content (AvgIpc) is 2.38. The van der Waals surface area contributed by atoms with Crippen molar-refractivity contribution < 1.29 is 4.79 Å². The molecule has 0 spiro atoms. The van der Waals surface area contributed by atoms with Gasteiger partial charge >= 0.3 is 0 Å². The molecular weight excluding hydrogens is 226 g/mol. The summed E-state index contributed by atoms with van der Waals surface area (Å²) in [6.07, 6.45) is 6.63. The Morgan fingerprint density at radius 3 is 2.83 bits per heavy atom. The van der Waals surface area contributed by atoms with Gasteiger partial charge in [0, 0.05) is 31.5 Å². The third-order valence-corrected chi connectivity index (χ3v) is 3.85. The maximum absolute atomic E-state index is 11.3. The number of carbonyl (C=O) groups is 1. The summed E-state index contributed by atoms with van der Waals surface area (Å²) in [7, 11) is 0. The summed E-state index contributed by atoms with van der Waals surface area (Å²) in [5.41, 5.74) is 6.70. The molecule has 1 aliphatic rings. The highest BCUT2D eigenvalue weighted by molar-refractivity contribution is 5.76. The molecule has 1 saturated heterocycles. The highest BCUT2D eigenvalue weighted by Crippen LogP contribution is 2.21. The van der Waals surface area contributed by atoms with Crippen LogP contribution in [0.2, 0.25) is 0 Å². The van der Waals surface area contributed by atoms with Crippen LogP contribution in [0.25, 0.3) is 0 Å². The minimum absolute atomic E-state index is 0.0265. The van der Waals surface area contributed by atoms with Gasteiger partial charge in [-0.1, -0.05) is 0 Å². The first-order valence-corrected chi connectivity index (χ1v) is 6.59. The van der Waals surface area contributed by atoms with E-state index in [0.29, 0.717) is 6.04 Å². The summed E-state index contributed by atoms with van der Waals surface area (Å²) in [5, 5.41) is 0. The number of amides is 1. The summed E-state index contributed by atoms with van der Waals surface area (Å²) in [4.78, 5) is 17.7. The van der Waals surface area contributed by atoms with Gasteiger partial charge in [-0.15, -0.1) is 0 Å². The lowest BCUT2D eigenvalue weighted by Crippen LogP contribution is -2.46. The van der Waals surface area contributed by atoms with Crippen molar-refractivity contribution in [1.82, 2.24) is 9.88 Å². The molecule has 2 N–H and O–H groups in total. The van der Waals surface area contributed by atoms with Gasteiger partial charge in [-0.2, -0.15) is 0 Å². The molecule has 98 valence electrons. The van der Waals surface area contributed by atoms with Crippen LogP contribution < -0.4 is 5.73 Å².